The second-order valence-electron chi connectivity index (χ2n) is 13.4. The molecule has 3 aliphatic rings. The Bertz CT molecular complexity index is 1540. The van der Waals surface area contributed by atoms with Crippen LogP contribution in [0.15, 0.2) is 35.9 Å². The molecule has 8 unspecified atom stereocenters. The van der Waals surface area contributed by atoms with Gasteiger partial charge in [0.1, 0.15) is 40.7 Å². The lowest BCUT2D eigenvalue weighted by atomic mass is 9.83. The van der Waals surface area contributed by atoms with Crippen LogP contribution in [0.2, 0.25) is 5.02 Å². The van der Waals surface area contributed by atoms with Gasteiger partial charge in [0.05, 0.1) is 25.3 Å². The molecule has 4 rings (SSSR count). The van der Waals surface area contributed by atoms with Crippen molar-refractivity contribution in [2.24, 2.45) is 5.92 Å². The van der Waals surface area contributed by atoms with Crippen molar-refractivity contribution in [3.05, 3.63) is 46.5 Å². The Hall–Kier alpha value is -3.30. The van der Waals surface area contributed by atoms with E-state index < -0.39 is 65.7 Å². The number of halogens is 1. The third-order valence-corrected chi connectivity index (χ3v) is 10.5. The lowest BCUT2D eigenvalue weighted by molar-refractivity contribution is -0.161. The molecule has 8 atom stereocenters. The van der Waals surface area contributed by atoms with E-state index in [-0.39, 0.29) is 30.2 Å². The zero-order valence-electron chi connectivity index (χ0n) is 29.7. The van der Waals surface area contributed by atoms with Crippen molar-refractivity contribution in [1.82, 2.24) is 10.2 Å². The molecule has 0 aliphatic carbocycles. The number of likely N-dealkylation sites (N-methyl/N-ethyl adjacent to an activating group) is 1. The standard InChI is InChI=1S/C35H48ClN3O10S/c1-19-10-9-11-26(46-8)35(44)18-25(47-33(43)37-35)20(2)31-34(4,49-31)27(48-32(42)21(3)38(5)28(40)12-13-50)17-29(41)39(6)23-15-22(14-19)16-24(45-7)30(23)36/h9-11,15-16,20-21,25-27,31,44,50H,12-14,17-18H2,1-8H3,(H,37,43). The van der Waals surface area contributed by atoms with Gasteiger partial charge >= 0.3 is 12.1 Å². The largest absolute Gasteiger partial charge is 0.495 e. The molecule has 3 aliphatic heterocycles. The van der Waals surface area contributed by atoms with E-state index in [2.05, 4.69) is 17.9 Å². The van der Waals surface area contributed by atoms with Crippen LogP contribution in [-0.4, -0.2) is 110 Å². The lowest BCUT2D eigenvalue weighted by Gasteiger charge is -2.42. The molecule has 13 nitrogen and oxygen atoms in total. The molecule has 3 heterocycles. The van der Waals surface area contributed by atoms with Gasteiger partial charge in [-0.3, -0.25) is 14.9 Å². The summed E-state index contributed by atoms with van der Waals surface area (Å²) in [6, 6.07) is 2.60. The van der Waals surface area contributed by atoms with Crippen molar-refractivity contribution in [3.63, 3.8) is 0 Å². The summed E-state index contributed by atoms with van der Waals surface area (Å²) in [5.41, 5.74) is -0.903. The number of carbonyl (C=O) groups is 4. The molecule has 0 saturated carbocycles. The van der Waals surface area contributed by atoms with Gasteiger partial charge < -0.3 is 38.6 Å². The van der Waals surface area contributed by atoms with Crippen molar-refractivity contribution in [2.45, 2.75) is 95.2 Å². The molecule has 276 valence electrons. The van der Waals surface area contributed by atoms with E-state index in [1.54, 1.807) is 45.2 Å². The van der Waals surface area contributed by atoms with Crippen molar-refractivity contribution in [3.8, 4) is 5.75 Å². The third-order valence-electron chi connectivity index (χ3n) is 9.85. The monoisotopic (exact) mass is 737 g/mol. The maximum absolute atomic E-state index is 14.0. The summed E-state index contributed by atoms with van der Waals surface area (Å²) in [5.74, 6) is -1.30. The number of epoxide rings is 1. The van der Waals surface area contributed by atoms with Gasteiger partial charge in [0.25, 0.3) is 0 Å². The first-order valence-electron chi connectivity index (χ1n) is 16.4. The Morgan fingerprint density at radius 2 is 1.98 bits per heavy atom. The van der Waals surface area contributed by atoms with Crippen LogP contribution in [0.4, 0.5) is 10.5 Å². The summed E-state index contributed by atoms with van der Waals surface area (Å²) in [6.45, 7) is 6.96. The van der Waals surface area contributed by atoms with Crippen LogP contribution in [0, 0.1) is 5.92 Å². The predicted octanol–water partition coefficient (Wildman–Crippen LogP) is 3.83. The highest BCUT2D eigenvalue weighted by molar-refractivity contribution is 7.80. The van der Waals surface area contributed by atoms with E-state index in [1.165, 1.54) is 38.0 Å². The van der Waals surface area contributed by atoms with Crippen LogP contribution in [0.5, 0.6) is 5.75 Å². The van der Waals surface area contributed by atoms with Crippen LogP contribution in [0.1, 0.15) is 52.5 Å². The molecule has 3 amide bonds. The van der Waals surface area contributed by atoms with Gasteiger partial charge in [-0.15, -0.1) is 0 Å². The second kappa shape index (κ2) is 15.9. The number of alkyl carbamates (subject to hydrolysis) is 1. The van der Waals surface area contributed by atoms with E-state index in [9.17, 15) is 24.3 Å². The summed E-state index contributed by atoms with van der Waals surface area (Å²) in [5, 5.41) is 14.4. The number of carbonyl (C=O) groups excluding carboxylic acids is 4. The first kappa shape index (κ1) is 39.5. The van der Waals surface area contributed by atoms with Crippen molar-refractivity contribution < 1.29 is 48.0 Å². The number of benzene rings is 1. The van der Waals surface area contributed by atoms with Crippen LogP contribution in [-0.2, 0) is 39.8 Å². The number of amides is 3. The van der Waals surface area contributed by atoms with Gasteiger partial charge in [-0.05, 0) is 50.6 Å². The van der Waals surface area contributed by atoms with Crippen molar-refractivity contribution in [1.29, 1.82) is 0 Å². The number of ether oxygens (including phenoxy) is 5. The molecule has 1 aromatic carbocycles. The Morgan fingerprint density at radius 1 is 1.28 bits per heavy atom. The minimum Gasteiger partial charge on any atom is -0.495 e. The molecule has 15 heteroatoms. The van der Waals surface area contributed by atoms with Crippen LogP contribution in [0.25, 0.3) is 0 Å². The predicted molar refractivity (Wildman–Crippen MR) is 189 cm³/mol. The second-order valence-corrected chi connectivity index (χ2v) is 14.2. The van der Waals surface area contributed by atoms with Gasteiger partial charge in [-0.25, -0.2) is 9.59 Å². The Morgan fingerprint density at radius 3 is 2.62 bits per heavy atom. The number of rotatable bonds is 7. The quantitative estimate of drug-likeness (QED) is 0.214. The fourth-order valence-corrected chi connectivity index (χ4v) is 6.99. The Kier molecular flexibility index (Phi) is 12.6. The van der Waals surface area contributed by atoms with Gasteiger partial charge in [-0.2, -0.15) is 12.6 Å². The van der Waals surface area contributed by atoms with Gasteiger partial charge in [0.2, 0.25) is 11.8 Å². The minimum atomic E-state index is -1.82. The molecule has 2 N–H and O–H groups in total. The lowest BCUT2D eigenvalue weighted by Crippen LogP contribution is -2.63. The number of nitrogens with one attached hydrogen (secondary N) is 1. The fourth-order valence-electron chi connectivity index (χ4n) is 6.49. The number of nitrogens with zero attached hydrogens (tertiary/aromatic N) is 2. The minimum absolute atomic E-state index is 0.0489. The number of esters is 1. The van der Waals surface area contributed by atoms with E-state index in [0.29, 0.717) is 23.6 Å². The van der Waals surface area contributed by atoms with Crippen LogP contribution >= 0.6 is 24.2 Å². The summed E-state index contributed by atoms with van der Waals surface area (Å²) >= 11 is 10.8. The van der Waals surface area contributed by atoms with Crippen LogP contribution < -0.4 is 15.0 Å². The molecular formula is C35H48ClN3O10S. The van der Waals surface area contributed by atoms with E-state index >= 15 is 0 Å². The van der Waals surface area contributed by atoms with Crippen molar-refractivity contribution in [2.75, 3.05) is 39.0 Å². The van der Waals surface area contributed by atoms with E-state index in [0.717, 1.165) is 11.1 Å². The number of thiol groups is 1. The maximum Gasteiger partial charge on any atom is 0.409 e. The zero-order chi connectivity index (χ0) is 37.1. The Labute approximate surface area is 303 Å². The smallest absolute Gasteiger partial charge is 0.409 e. The topological polar surface area (TPSA) is 156 Å². The summed E-state index contributed by atoms with van der Waals surface area (Å²) in [4.78, 5) is 55.6. The number of hydrogen-bond donors (Lipinski definition) is 3. The molecule has 1 aromatic rings. The summed E-state index contributed by atoms with van der Waals surface area (Å²) < 4.78 is 29.0. The molecule has 2 fully saturated rings. The normalized spacial score (nSPS) is 30.7. The molecule has 0 aromatic heterocycles. The average Bonchev–Trinajstić information content (AvgIpc) is 3.76. The maximum atomic E-state index is 14.0. The molecular weight excluding hydrogens is 690 g/mol. The molecule has 0 spiro atoms. The van der Waals surface area contributed by atoms with Crippen LogP contribution in [0.3, 0.4) is 0 Å². The summed E-state index contributed by atoms with van der Waals surface area (Å²) in [7, 11) is 5.98. The highest BCUT2D eigenvalue weighted by atomic mass is 35.5. The first-order chi connectivity index (χ1) is 23.5. The number of aliphatic hydroxyl groups is 1. The summed E-state index contributed by atoms with van der Waals surface area (Å²) in [6.07, 6.45) is 1.08. The molecule has 0 radical (unpaired) electrons. The fraction of sp³-hybridized carbons (Fsp3) is 0.600. The first-order valence-corrected chi connectivity index (χ1v) is 17.5. The number of anilines is 1. The average molecular weight is 738 g/mol. The Balaban J connectivity index is 1.78. The molecule has 2 saturated heterocycles. The molecule has 50 heavy (non-hydrogen) atoms. The number of methoxy groups -OCH3 is 2. The van der Waals surface area contributed by atoms with Gasteiger partial charge in [0, 0.05) is 40.0 Å². The number of fused-ring (bicyclic) bond motifs is 5. The van der Waals surface area contributed by atoms with Crippen molar-refractivity contribution >= 4 is 53.8 Å². The SMILES string of the molecule is COc1cc2cc(c1Cl)N(C)C(=O)CC(OC(=O)C(C)N(C)C(=O)CCS)C1(C)OC1C(C)C1CC(O)(NC(=O)O1)C(OC)C=CC=C(C)C2. The van der Waals surface area contributed by atoms with E-state index in [4.69, 9.17) is 35.3 Å². The molecule has 4 bridgehead atoms. The van der Waals surface area contributed by atoms with Gasteiger partial charge in [0.15, 0.2) is 5.72 Å². The number of allylic oxidation sites excluding steroid dienone is 3. The van der Waals surface area contributed by atoms with Gasteiger partial charge in [-0.1, -0.05) is 42.3 Å². The number of hydrogen-bond acceptors (Lipinski definition) is 11. The highest BCUT2D eigenvalue weighted by Crippen LogP contribution is 2.49. The third kappa shape index (κ3) is 8.42. The highest BCUT2D eigenvalue weighted by Gasteiger charge is 2.64. The van der Waals surface area contributed by atoms with E-state index in [1.807, 2.05) is 13.0 Å². The zero-order valence-corrected chi connectivity index (χ0v) is 31.4.